The first-order valence-electron chi connectivity index (χ1n) is 6.26. The molecular formula is C14H24N2O. The number of nitrogens with two attached hydrogens (primary N) is 1. The van der Waals surface area contributed by atoms with Crippen molar-refractivity contribution >= 4 is 0 Å². The Hall–Kier alpha value is -1.06. The highest BCUT2D eigenvalue weighted by Gasteiger charge is 2.06. The lowest BCUT2D eigenvalue weighted by Gasteiger charge is -2.16. The minimum atomic E-state index is 0.691. The van der Waals surface area contributed by atoms with Crippen LogP contribution in [0.5, 0.6) is 5.75 Å². The Kier molecular flexibility index (Phi) is 6.01. The molecule has 2 N–H and O–H groups in total. The Balaban J connectivity index is 2.86. The third-order valence-electron chi connectivity index (χ3n) is 2.51. The van der Waals surface area contributed by atoms with E-state index >= 15 is 0 Å². The molecule has 0 aliphatic rings. The molecular weight excluding hydrogens is 212 g/mol. The molecule has 0 bridgehead atoms. The van der Waals surface area contributed by atoms with E-state index in [2.05, 4.69) is 44.1 Å². The SMILES string of the molecule is CCCOc1ccc(CCN)cc1CN(C)C. The van der Waals surface area contributed by atoms with Crippen molar-refractivity contribution in [2.24, 2.45) is 5.73 Å². The van der Waals surface area contributed by atoms with Crippen LogP contribution >= 0.6 is 0 Å². The van der Waals surface area contributed by atoms with Crippen LogP contribution in [0.4, 0.5) is 0 Å². The molecule has 0 aromatic heterocycles. The minimum absolute atomic E-state index is 0.691. The molecule has 0 saturated heterocycles. The maximum absolute atomic E-state index is 5.76. The zero-order valence-corrected chi connectivity index (χ0v) is 11.2. The first-order valence-corrected chi connectivity index (χ1v) is 6.26. The van der Waals surface area contributed by atoms with Crippen LogP contribution in [0.25, 0.3) is 0 Å². The van der Waals surface area contributed by atoms with Crippen molar-refractivity contribution in [2.45, 2.75) is 26.3 Å². The van der Waals surface area contributed by atoms with Crippen molar-refractivity contribution < 1.29 is 4.74 Å². The molecule has 0 aliphatic carbocycles. The minimum Gasteiger partial charge on any atom is -0.493 e. The molecule has 1 aromatic rings. The Bertz CT molecular complexity index is 337. The second-order valence-corrected chi connectivity index (χ2v) is 4.57. The molecule has 3 heteroatoms. The van der Waals surface area contributed by atoms with E-state index < -0.39 is 0 Å². The number of ether oxygens (including phenoxy) is 1. The van der Waals surface area contributed by atoms with Gasteiger partial charge in [-0.25, -0.2) is 0 Å². The van der Waals surface area contributed by atoms with Crippen LogP contribution in [-0.2, 0) is 13.0 Å². The summed E-state index contributed by atoms with van der Waals surface area (Å²) in [6.07, 6.45) is 1.96. The highest BCUT2D eigenvalue weighted by molar-refractivity contribution is 5.37. The fourth-order valence-corrected chi connectivity index (χ4v) is 1.77. The van der Waals surface area contributed by atoms with E-state index in [1.807, 2.05) is 0 Å². The van der Waals surface area contributed by atoms with Gasteiger partial charge < -0.3 is 15.4 Å². The molecule has 0 saturated carbocycles. The summed E-state index contributed by atoms with van der Waals surface area (Å²) in [6.45, 7) is 4.49. The van der Waals surface area contributed by atoms with E-state index in [-0.39, 0.29) is 0 Å². The fraction of sp³-hybridized carbons (Fsp3) is 0.571. The van der Waals surface area contributed by atoms with Gasteiger partial charge in [-0.05, 0) is 45.1 Å². The van der Waals surface area contributed by atoms with E-state index in [9.17, 15) is 0 Å². The monoisotopic (exact) mass is 236 g/mol. The van der Waals surface area contributed by atoms with Crippen LogP contribution < -0.4 is 10.5 Å². The smallest absolute Gasteiger partial charge is 0.123 e. The average Bonchev–Trinajstić information content (AvgIpc) is 2.28. The van der Waals surface area contributed by atoms with Crippen molar-refractivity contribution in [3.05, 3.63) is 29.3 Å². The van der Waals surface area contributed by atoms with E-state index in [0.717, 1.165) is 31.7 Å². The topological polar surface area (TPSA) is 38.5 Å². The highest BCUT2D eigenvalue weighted by atomic mass is 16.5. The normalized spacial score (nSPS) is 10.9. The third-order valence-corrected chi connectivity index (χ3v) is 2.51. The van der Waals surface area contributed by atoms with Crippen LogP contribution in [0.1, 0.15) is 24.5 Å². The summed E-state index contributed by atoms with van der Waals surface area (Å²) in [7, 11) is 4.14. The van der Waals surface area contributed by atoms with Gasteiger partial charge in [-0.2, -0.15) is 0 Å². The summed E-state index contributed by atoms with van der Waals surface area (Å²) in [5.74, 6) is 1.00. The van der Waals surface area contributed by atoms with E-state index in [1.54, 1.807) is 0 Å². The predicted octanol–water partition coefficient (Wildman–Crippen LogP) is 2.04. The van der Waals surface area contributed by atoms with Crippen LogP contribution in [0.2, 0.25) is 0 Å². The van der Waals surface area contributed by atoms with Crippen LogP contribution in [-0.4, -0.2) is 32.1 Å². The number of nitrogens with zero attached hydrogens (tertiary/aromatic N) is 1. The maximum atomic E-state index is 5.76. The summed E-state index contributed by atoms with van der Waals surface area (Å²) in [5, 5.41) is 0. The second-order valence-electron chi connectivity index (χ2n) is 4.57. The Morgan fingerprint density at radius 3 is 2.65 bits per heavy atom. The van der Waals surface area contributed by atoms with Crippen LogP contribution in [0, 0.1) is 0 Å². The molecule has 0 heterocycles. The lowest BCUT2D eigenvalue weighted by Crippen LogP contribution is -2.13. The Morgan fingerprint density at radius 1 is 1.29 bits per heavy atom. The number of hydrogen-bond donors (Lipinski definition) is 1. The van der Waals surface area contributed by atoms with Crippen molar-refractivity contribution in [2.75, 3.05) is 27.2 Å². The highest BCUT2D eigenvalue weighted by Crippen LogP contribution is 2.22. The zero-order chi connectivity index (χ0) is 12.7. The molecule has 0 amide bonds. The van der Waals surface area contributed by atoms with E-state index in [1.165, 1.54) is 11.1 Å². The predicted molar refractivity (Wildman–Crippen MR) is 72.4 cm³/mol. The average molecular weight is 236 g/mol. The first kappa shape index (κ1) is 14.0. The van der Waals surface area contributed by atoms with Gasteiger partial charge in [0.25, 0.3) is 0 Å². The summed E-state index contributed by atoms with van der Waals surface area (Å²) in [5.41, 5.74) is 8.12. The number of hydrogen-bond acceptors (Lipinski definition) is 3. The molecule has 0 spiro atoms. The standard InChI is InChI=1S/C14H24N2O/c1-4-9-17-14-6-5-12(7-8-15)10-13(14)11-16(2)3/h5-6,10H,4,7-9,11,15H2,1-3H3. The third kappa shape index (κ3) is 4.75. The van der Waals surface area contributed by atoms with Crippen LogP contribution in [0.3, 0.4) is 0 Å². The van der Waals surface area contributed by atoms with E-state index in [4.69, 9.17) is 10.5 Å². The fourth-order valence-electron chi connectivity index (χ4n) is 1.77. The molecule has 17 heavy (non-hydrogen) atoms. The largest absolute Gasteiger partial charge is 0.493 e. The molecule has 1 aromatic carbocycles. The van der Waals surface area contributed by atoms with Crippen LogP contribution in [0.15, 0.2) is 18.2 Å². The van der Waals surface area contributed by atoms with Gasteiger partial charge in [0, 0.05) is 12.1 Å². The molecule has 0 aliphatic heterocycles. The summed E-state index contributed by atoms with van der Waals surface area (Å²) in [4.78, 5) is 2.15. The van der Waals surface area contributed by atoms with Gasteiger partial charge in [0.05, 0.1) is 6.61 Å². The van der Waals surface area contributed by atoms with Gasteiger partial charge >= 0.3 is 0 Å². The number of rotatable bonds is 7. The molecule has 0 unspecified atom stereocenters. The molecule has 96 valence electrons. The Morgan fingerprint density at radius 2 is 2.06 bits per heavy atom. The second kappa shape index (κ2) is 7.30. The van der Waals surface area contributed by atoms with Gasteiger partial charge in [-0.1, -0.05) is 19.1 Å². The van der Waals surface area contributed by atoms with Crippen molar-refractivity contribution in [1.29, 1.82) is 0 Å². The Labute approximate surface area is 105 Å². The zero-order valence-electron chi connectivity index (χ0n) is 11.2. The van der Waals surface area contributed by atoms with Gasteiger partial charge in [0.1, 0.15) is 5.75 Å². The lowest BCUT2D eigenvalue weighted by atomic mass is 10.1. The summed E-state index contributed by atoms with van der Waals surface area (Å²) in [6, 6.07) is 6.38. The van der Waals surface area contributed by atoms with E-state index in [0.29, 0.717) is 6.54 Å². The molecule has 0 radical (unpaired) electrons. The van der Waals surface area contributed by atoms with Gasteiger partial charge in [-0.15, -0.1) is 0 Å². The van der Waals surface area contributed by atoms with Crippen molar-refractivity contribution in [1.82, 2.24) is 4.90 Å². The summed E-state index contributed by atoms with van der Waals surface area (Å²) < 4.78 is 5.76. The maximum Gasteiger partial charge on any atom is 0.123 e. The number of benzene rings is 1. The molecule has 0 fully saturated rings. The van der Waals surface area contributed by atoms with Crippen molar-refractivity contribution in [3.8, 4) is 5.75 Å². The molecule has 1 rings (SSSR count). The quantitative estimate of drug-likeness (QED) is 0.787. The molecule has 3 nitrogen and oxygen atoms in total. The summed E-state index contributed by atoms with van der Waals surface area (Å²) >= 11 is 0. The van der Waals surface area contributed by atoms with Gasteiger partial charge in [-0.3, -0.25) is 0 Å². The molecule has 0 atom stereocenters. The van der Waals surface area contributed by atoms with Gasteiger partial charge in [0.15, 0.2) is 0 Å². The first-order chi connectivity index (χ1) is 8.17. The lowest BCUT2D eigenvalue weighted by molar-refractivity contribution is 0.306. The van der Waals surface area contributed by atoms with Crippen molar-refractivity contribution in [3.63, 3.8) is 0 Å². The van der Waals surface area contributed by atoms with Gasteiger partial charge in [0.2, 0.25) is 0 Å².